The zero-order chi connectivity index (χ0) is 11.6. The lowest BCUT2D eigenvalue weighted by Gasteiger charge is -2.41. The molecule has 0 N–H and O–H groups in total. The van der Waals surface area contributed by atoms with E-state index in [4.69, 9.17) is 0 Å². The molecule has 0 spiro atoms. The van der Waals surface area contributed by atoms with Gasteiger partial charge in [-0.1, -0.05) is 27.7 Å². The summed E-state index contributed by atoms with van der Waals surface area (Å²) in [5, 5.41) is 0. The number of rotatable bonds is 3. The second kappa shape index (κ2) is 5.34. The molecule has 1 fully saturated rings. The lowest BCUT2D eigenvalue weighted by molar-refractivity contribution is 0.0835. The van der Waals surface area contributed by atoms with Crippen LogP contribution in [0.4, 0.5) is 0 Å². The van der Waals surface area contributed by atoms with Crippen LogP contribution in [0.15, 0.2) is 0 Å². The first-order valence-electron chi connectivity index (χ1n) is 6.63. The molecule has 0 saturated heterocycles. The third kappa shape index (κ3) is 3.48. The van der Waals surface area contributed by atoms with Crippen LogP contribution in [0.2, 0.25) is 0 Å². The van der Waals surface area contributed by atoms with Crippen molar-refractivity contribution in [2.24, 2.45) is 17.8 Å². The maximum Gasteiger partial charge on any atom is 0.0100 e. The van der Waals surface area contributed by atoms with E-state index in [2.05, 4.69) is 46.6 Å². The molecule has 1 heteroatoms. The van der Waals surface area contributed by atoms with E-state index in [1.54, 1.807) is 0 Å². The molecule has 0 aromatic carbocycles. The molecule has 1 aliphatic carbocycles. The summed E-state index contributed by atoms with van der Waals surface area (Å²) in [7, 11) is 2.32. The Balaban J connectivity index is 2.54. The molecular weight excluding hydrogens is 182 g/mol. The largest absolute Gasteiger partial charge is 0.300 e. The van der Waals surface area contributed by atoms with E-state index < -0.39 is 0 Å². The quantitative estimate of drug-likeness (QED) is 0.686. The molecule has 1 rings (SSSR count). The van der Waals surface area contributed by atoms with Crippen LogP contribution in [-0.2, 0) is 0 Å². The molecule has 0 heterocycles. The van der Waals surface area contributed by atoms with Gasteiger partial charge < -0.3 is 4.90 Å². The molecule has 0 aromatic rings. The van der Waals surface area contributed by atoms with E-state index in [0.717, 1.165) is 23.8 Å². The second-order valence-corrected chi connectivity index (χ2v) is 6.22. The molecule has 90 valence electrons. The number of hydrogen-bond acceptors (Lipinski definition) is 1. The molecule has 0 aromatic heterocycles. The average molecular weight is 211 g/mol. The highest BCUT2D eigenvalue weighted by molar-refractivity contribution is 4.83. The van der Waals surface area contributed by atoms with Gasteiger partial charge in [-0.2, -0.15) is 0 Å². The lowest BCUT2D eigenvalue weighted by Crippen LogP contribution is -2.44. The van der Waals surface area contributed by atoms with E-state index in [-0.39, 0.29) is 0 Å². The highest BCUT2D eigenvalue weighted by Gasteiger charge is 2.29. The van der Waals surface area contributed by atoms with Crippen LogP contribution in [0, 0.1) is 17.8 Å². The van der Waals surface area contributed by atoms with E-state index in [1.165, 1.54) is 19.3 Å². The Morgan fingerprint density at radius 2 is 1.40 bits per heavy atom. The Hall–Kier alpha value is -0.0400. The SMILES string of the molecule is CC1CC(C)CC(N(C)C(C)C(C)C)C1. The molecule has 0 radical (unpaired) electrons. The van der Waals surface area contributed by atoms with Gasteiger partial charge in [-0.3, -0.25) is 0 Å². The Labute approximate surface area is 96.2 Å². The van der Waals surface area contributed by atoms with Crippen LogP contribution in [0.5, 0.6) is 0 Å². The summed E-state index contributed by atoms with van der Waals surface area (Å²) < 4.78 is 0. The van der Waals surface area contributed by atoms with Crippen LogP contribution in [0.25, 0.3) is 0 Å². The summed E-state index contributed by atoms with van der Waals surface area (Å²) in [6.45, 7) is 11.9. The fraction of sp³-hybridized carbons (Fsp3) is 1.00. The summed E-state index contributed by atoms with van der Waals surface area (Å²) >= 11 is 0. The lowest BCUT2D eigenvalue weighted by atomic mass is 9.79. The Morgan fingerprint density at radius 3 is 1.80 bits per heavy atom. The summed E-state index contributed by atoms with van der Waals surface area (Å²) in [5.41, 5.74) is 0. The zero-order valence-electron chi connectivity index (χ0n) is 11.5. The van der Waals surface area contributed by atoms with Gasteiger partial charge in [0.15, 0.2) is 0 Å². The van der Waals surface area contributed by atoms with Crippen LogP contribution in [0.1, 0.15) is 53.9 Å². The molecule has 0 aliphatic heterocycles. The summed E-state index contributed by atoms with van der Waals surface area (Å²) in [6, 6.07) is 1.54. The molecule has 3 unspecified atom stereocenters. The normalized spacial score (nSPS) is 34.8. The molecule has 1 saturated carbocycles. The molecule has 0 bridgehead atoms. The van der Waals surface area contributed by atoms with E-state index in [9.17, 15) is 0 Å². The zero-order valence-corrected chi connectivity index (χ0v) is 11.5. The van der Waals surface area contributed by atoms with Gasteiger partial charge in [-0.25, -0.2) is 0 Å². The van der Waals surface area contributed by atoms with Crippen molar-refractivity contribution in [3.8, 4) is 0 Å². The maximum absolute atomic E-state index is 2.62. The van der Waals surface area contributed by atoms with Crippen molar-refractivity contribution in [3.63, 3.8) is 0 Å². The van der Waals surface area contributed by atoms with E-state index in [0.29, 0.717) is 6.04 Å². The van der Waals surface area contributed by atoms with Crippen molar-refractivity contribution < 1.29 is 0 Å². The summed E-state index contributed by atoms with van der Waals surface area (Å²) in [5.74, 6) is 2.60. The molecule has 0 amide bonds. The van der Waals surface area contributed by atoms with Crippen LogP contribution < -0.4 is 0 Å². The van der Waals surface area contributed by atoms with Crippen molar-refractivity contribution >= 4 is 0 Å². The van der Waals surface area contributed by atoms with Crippen LogP contribution >= 0.6 is 0 Å². The van der Waals surface area contributed by atoms with Gasteiger partial charge in [0.1, 0.15) is 0 Å². The Kier molecular flexibility index (Phi) is 4.64. The van der Waals surface area contributed by atoms with Gasteiger partial charge in [0.25, 0.3) is 0 Å². The van der Waals surface area contributed by atoms with Gasteiger partial charge in [0, 0.05) is 12.1 Å². The first-order valence-corrected chi connectivity index (χ1v) is 6.63. The maximum atomic E-state index is 2.62. The fourth-order valence-electron chi connectivity index (χ4n) is 3.04. The van der Waals surface area contributed by atoms with Gasteiger partial charge in [-0.15, -0.1) is 0 Å². The predicted octanol–water partition coefficient (Wildman–Crippen LogP) is 3.79. The van der Waals surface area contributed by atoms with Crippen LogP contribution in [-0.4, -0.2) is 24.0 Å². The standard InChI is InChI=1S/C14H29N/c1-10(2)13(5)15(6)14-8-11(3)7-12(4)9-14/h10-14H,7-9H2,1-6H3. The smallest absolute Gasteiger partial charge is 0.0100 e. The molecule has 15 heavy (non-hydrogen) atoms. The van der Waals surface area contributed by atoms with Crippen molar-refractivity contribution in [3.05, 3.63) is 0 Å². The number of nitrogens with zero attached hydrogens (tertiary/aromatic N) is 1. The minimum Gasteiger partial charge on any atom is -0.300 e. The third-order valence-corrected chi connectivity index (χ3v) is 4.34. The molecule has 1 aliphatic rings. The predicted molar refractivity (Wildman–Crippen MR) is 68.0 cm³/mol. The molecule has 1 nitrogen and oxygen atoms in total. The minimum absolute atomic E-state index is 0.715. The third-order valence-electron chi connectivity index (χ3n) is 4.34. The van der Waals surface area contributed by atoms with Crippen molar-refractivity contribution in [1.29, 1.82) is 0 Å². The van der Waals surface area contributed by atoms with Crippen molar-refractivity contribution in [2.75, 3.05) is 7.05 Å². The second-order valence-electron chi connectivity index (χ2n) is 6.22. The van der Waals surface area contributed by atoms with Crippen LogP contribution in [0.3, 0.4) is 0 Å². The number of hydrogen-bond donors (Lipinski definition) is 0. The van der Waals surface area contributed by atoms with Crippen molar-refractivity contribution in [2.45, 2.75) is 66.0 Å². The van der Waals surface area contributed by atoms with Crippen molar-refractivity contribution in [1.82, 2.24) is 4.90 Å². The summed E-state index contributed by atoms with van der Waals surface area (Å²) in [6.07, 6.45) is 4.23. The Bertz CT molecular complexity index is 178. The monoisotopic (exact) mass is 211 g/mol. The van der Waals surface area contributed by atoms with Gasteiger partial charge in [0.2, 0.25) is 0 Å². The van der Waals surface area contributed by atoms with E-state index in [1.807, 2.05) is 0 Å². The van der Waals surface area contributed by atoms with Gasteiger partial charge in [0.05, 0.1) is 0 Å². The minimum atomic E-state index is 0.715. The fourth-order valence-corrected chi connectivity index (χ4v) is 3.04. The van der Waals surface area contributed by atoms with Gasteiger partial charge >= 0.3 is 0 Å². The first kappa shape index (κ1) is 13.0. The highest BCUT2D eigenvalue weighted by Crippen LogP contribution is 2.32. The van der Waals surface area contributed by atoms with Gasteiger partial charge in [-0.05, 0) is 51.0 Å². The molecular formula is C14H29N. The average Bonchev–Trinajstić information content (AvgIpc) is 2.13. The highest BCUT2D eigenvalue weighted by atomic mass is 15.2. The topological polar surface area (TPSA) is 3.24 Å². The molecule has 3 atom stereocenters. The first-order chi connectivity index (χ1) is 6.91. The summed E-state index contributed by atoms with van der Waals surface area (Å²) in [4.78, 5) is 2.62. The Morgan fingerprint density at radius 1 is 0.933 bits per heavy atom. The van der Waals surface area contributed by atoms with E-state index >= 15 is 0 Å².